The van der Waals surface area contributed by atoms with E-state index >= 15 is 0 Å². The Labute approximate surface area is 175 Å². The van der Waals surface area contributed by atoms with Gasteiger partial charge in [0.2, 0.25) is 15.9 Å². The Morgan fingerprint density at radius 2 is 1.70 bits per heavy atom. The molecule has 3 rings (SSSR count). The number of ether oxygens (including phenoxy) is 2. The zero-order valence-electron chi connectivity index (χ0n) is 16.6. The summed E-state index contributed by atoms with van der Waals surface area (Å²) < 4.78 is 36.7. The number of hydrogen-bond acceptors (Lipinski definition) is 6. The zero-order valence-corrected chi connectivity index (χ0v) is 17.4. The van der Waals surface area contributed by atoms with E-state index in [1.54, 1.807) is 48.5 Å². The Morgan fingerprint density at radius 3 is 2.30 bits per heavy atom. The fourth-order valence-electron chi connectivity index (χ4n) is 2.64. The molecule has 2 aromatic rings. The molecule has 1 amide bonds. The topological polar surface area (TPSA) is 111 Å². The molecule has 1 aliphatic carbocycles. The van der Waals surface area contributed by atoms with Crippen LogP contribution in [-0.4, -0.2) is 40.1 Å². The number of anilines is 1. The summed E-state index contributed by atoms with van der Waals surface area (Å²) in [6.45, 7) is -0.182. The van der Waals surface area contributed by atoms with Gasteiger partial charge in [0.05, 0.1) is 12.0 Å². The van der Waals surface area contributed by atoms with Gasteiger partial charge in [0.1, 0.15) is 5.75 Å². The first-order valence-electron chi connectivity index (χ1n) is 9.56. The number of esters is 1. The second kappa shape index (κ2) is 9.73. The van der Waals surface area contributed by atoms with Crippen molar-refractivity contribution in [2.45, 2.75) is 36.6 Å². The lowest BCUT2D eigenvalue weighted by Gasteiger charge is -2.08. The van der Waals surface area contributed by atoms with Gasteiger partial charge in [-0.2, -0.15) is 0 Å². The molecule has 0 heterocycles. The van der Waals surface area contributed by atoms with Gasteiger partial charge in [-0.05, 0) is 61.2 Å². The highest BCUT2D eigenvalue weighted by Gasteiger charge is 2.27. The Balaban J connectivity index is 1.45. The monoisotopic (exact) mass is 432 g/mol. The van der Waals surface area contributed by atoms with Crippen LogP contribution in [0.4, 0.5) is 5.69 Å². The minimum Gasteiger partial charge on any atom is -0.482 e. The molecule has 160 valence electrons. The molecule has 0 unspecified atom stereocenters. The van der Waals surface area contributed by atoms with Gasteiger partial charge in [0.15, 0.2) is 6.61 Å². The summed E-state index contributed by atoms with van der Waals surface area (Å²) in [5.74, 6) is -0.146. The molecule has 0 aromatic heterocycles. The molecule has 2 aromatic carbocycles. The molecular formula is C21H24N2O6S. The molecule has 0 atom stereocenters. The van der Waals surface area contributed by atoms with Gasteiger partial charge in [-0.15, -0.1) is 0 Å². The second-order valence-corrected chi connectivity index (χ2v) is 8.69. The molecule has 30 heavy (non-hydrogen) atoms. The third kappa shape index (κ3) is 6.57. The maximum absolute atomic E-state index is 12.2. The van der Waals surface area contributed by atoms with Crippen molar-refractivity contribution in [3.05, 3.63) is 54.1 Å². The average Bonchev–Trinajstić information content (AvgIpc) is 3.55. The molecule has 1 saturated carbocycles. The quantitative estimate of drug-likeness (QED) is 0.557. The minimum absolute atomic E-state index is 0.0619. The van der Waals surface area contributed by atoms with Crippen LogP contribution in [-0.2, 0) is 30.8 Å². The first-order chi connectivity index (χ1) is 14.4. The van der Waals surface area contributed by atoms with E-state index in [0.717, 1.165) is 18.4 Å². The molecule has 1 fully saturated rings. The van der Waals surface area contributed by atoms with Crippen LogP contribution >= 0.6 is 0 Å². The van der Waals surface area contributed by atoms with Crippen LogP contribution in [0.1, 0.15) is 24.8 Å². The van der Waals surface area contributed by atoms with E-state index in [1.165, 1.54) is 7.11 Å². The molecule has 8 nitrogen and oxygen atoms in total. The predicted octanol–water partition coefficient (Wildman–Crippen LogP) is 2.25. The van der Waals surface area contributed by atoms with Crippen LogP contribution in [0, 0.1) is 0 Å². The maximum atomic E-state index is 12.2. The normalized spacial score (nSPS) is 13.5. The molecule has 0 radical (unpaired) electrons. The zero-order chi connectivity index (χ0) is 21.6. The Kier molecular flexibility index (Phi) is 7.07. The second-order valence-electron chi connectivity index (χ2n) is 6.98. The smallest absolute Gasteiger partial charge is 0.343 e. The van der Waals surface area contributed by atoms with Crippen LogP contribution in [0.15, 0.2) is 53.4 Å². The van der Waals surface area contributed by atoms with Crippen molar-refractivity contribution in [1.82, 2.24) is 4.72 Å². The van der Waals surface area contributed by atoms with Crippen molar-refractivity contribution in [1.29, 1.82) is 0 Å². The van der Waals surface area contributed by atoms with Gasteiger partial charge in [-0.3, -0.25) is 4.79 Å². The van der Waals surface area contributed by atoms with Crippen molar-refractivity contribution < 1.29 is 27.5 Å². The van der Waals surface area contributed by atoms with E-state index in [-0.39, 0.29) is 29.9 Å². The van der Waals surface area contributed by atoms with Gasteiger partial charge < -0.3 is 14.8 Å². The van der Waals surface area contributed by atoms with E-state index < -0.39 is 16.0 Å². The van der Waals surface area contributed by atoms with E-state index in [0.29, 0.717) is 17.9 Å². The van der Waals surface area contributed by atoms with Crippen molar-refractivity contribution in [2.24, 2.45) is 0 Å². The molecule has 9 heteroatoms. The summed E-state index contributed by atoms with van der Waals surface area (Å²) in [7, 11) is -2.18. The van der Waals surface area contributed by atoms with Gasteiger partial charge in [0.25, 0.3) is 0 Å². The Morgan fingerprint density at radius 1 is 1.03 bits per heavy atom. The van der Waals surface area contributed by atoms with Crippen molar-refractivity contribution in [2.75, 3.05) is 19.0 Å². The predicted molar refractivity (Wildman–Crippen MR) is 111 cm³/mol. The fraction of sp³-hybridized carbons (Fsp3) is 0.333. The molecule has 2 N–H and O–H groups in total. The minimum atomic E-state index is -3.47. The SMILES string of the molecule is COC(=O)COc1ccc(NC(=O)CCc2ccc(S(=O)(=O)NC3CC3)cc2)cc1. The van der Waals surface area contributed by atoms with Crippen LogP contribution in [0.3, 0.4) is 0 Å². The molecular weight excluding hydrogens is 408 g/mol. The highest BCUT2D eigenvalue weighted by Crippen LogP contribution is 2.22. The summed E-state index contributed by atoms with van der Waals surface area (Å²) in [5.41, 5.74) is 1.49. The summed E-state index contributed by atoms with van der Waals surface area (Å²) in [4.78, 5) is 23.5. The molecule has 0 spiro atoms. The summed E-state index contributed by atoms with van der Waals surface area (Å²) in [6, 6.07) is 13.3. The Hall–Kier alpha value is -2.91. The summed E-state index contributed by atoms with van der Waals surface area (Å²) in [6.07, 6.45) is 2.51. The number of rotatable bonds is 10. The molecule has 0 bridgehead atoms. The highest BCUT2D eigenvalue weighted by atomic mass is 32.2. The van der Waals surface area contributed by atoms with E-state index in [2.05, 4.69) is 14.8 Å². The number of benzene rings is 2. The lowest BCUT2D eigenvalue weighted by Crippen LogP contribution is -2.25. The number of methoxy groups -OCH3 is 1. The van der Waals surface area contributed by atoms with Gasteiger partial charge in [-0.1, -0.05) is 12.1 Å². The van der Waals surface area contributed by atoms with Crippen LogP contribution < -0.4 is 14.8 Å². The molecule has 1 aliphatic rings. The van der Waals surface area contributed by atoms with Crippen molar-refractivity contribution in [3.63, 3.8) is 0 Å². The lowest BCUT2D eigenvalue weighted by atomic mass is 10.1. The maximum Gasteiger partial charge on any atom is 0.343 e. The number of nitrogens with one attached hydrogen (secondary N) is 2. The van der Waals surface area contributed by atoms with Crippen LogP contribution in [0.5, 0.6) is 5.75 Å². The summed E-state index contributed by atoms with van der Waals surface area (Å²) >= 11 is 0. The standard InChI is InChI=1S/C21H24N2O6S/c1-28-21(25)14-29-18-9-7-16(8-10-18)22-20(24)13-4-15-2-11-19(12-3-15)30(26,27)23-17-5-6-17/h2-3,7-12,17,23H,4-6,13-14H2,1H3,(H,22,24). The van der Waals surface area contributed by atoms with Gasteiger partial charge >= 0.3 is 5.97 Å². The van der Waals surface area contributed by atoms with E-state index in [4.69, 9.17) is 4.74 Å². The lowest BCUT2D eigenvalue weighted by molar-refractivity contribution is -0.142. The largest absolute Gasteiger partial charge is 0.482 e. The number of carbonyl (C=O) groups is 2. The number of sulfonamides is 1. The molecule has 0 saturated heterocycles. The number of hydrogen-bond donors (Lipinski definition) is 2. The number of aryl methyl sites for hydroxylation is 1. The van der Waals surface area contributed by atoms with Crippen LogP contribution in [0.2, 0.25) is 0 Å². The fourth-order valence-corrected chi connectivity index (χ4v) is 3.95. The third-order valence-electron chi connectivity index (χ3n) is 4.50. The van der Waals surface area contributed by atoms with E-state index in [9.17, 15) is 18.0 Å². The highest BCUT2D eigenvalue weighted by molar-refractivity contribution is 7.89. The van der Waals surface area contributed by atoms with Gasteiger partial charge in [0, 0.05) is 18.2 Å². The first kappa shape index (κ1) is 21.8. The van der Waals surface area contributed by atoms with Crippen molar-refractivity contribution in [3.8, 4) is 5.75 Å². The first-order valence-corrected chi connectivity index (χ1v) is 11.0. The number of carbonyl (C=O) groups excluding carboxylic acids is 2. The average molecular weight is 432 g/mol. The number of amides is 1. The Bertz CT molecular complexity index is 983. The van der Waals surface area contributed by atoms with E-state index in [1.807, 2.05) is 0 Å². The molecule has 0 aliphatic heterocycles. The van der Waals surface area contributed by atoms with Crippen molar-refractivity contribution >= 4 is 27.6 Å². The third-order valence-corrected chi connectivity index (χ3v) is 6.03. The van der Waals surface area contributed by atoms with Gasteiger partial charge in [-0.25, -0.2) is 17.9 Å². The summed E-state index contributed by atoms with van der Waals surface area (Å²) in [5, 5.41) is 2.79. The van der Waals surface area contributed by atoms with Crippen LogP contribution in [0.25, 0.3) is 0 Å².